The normalized spacial score (nSPS) is 17.1. The van der Waals surface area contributed by atoms with Crippen molar-refractivity contribution in [3.63, 3.8) is 0 Å². The SMILES string of the molecule is COc1c(NS(=O)(=O)c2cccs2)cc2c(c1Br)NC(=S)OC(C)C2. The molecule has 1 aliphatic heterocycles. The molecule has 0 saturated heterocycles. The van der Waals surface area contributed by atoms with E-state index < -0.39 is 10.0 Å². The van der Waals surface area contributed by atoms with Crippen LogP contribution in [-0.2, 0) is 21.2 Å². The first kappa shape index (κ1) is 18.4. The topological polar surface area (TPSA) is 76.7 Å². The number of ether oxygens (including phenoxy) is 2. The van der Waals surface area contributed by atoms with E-state index in [0.29, 0.717) is 28.0 Å². The highest BCUT2D eigenvalue weighted by atomic mass is 79.9. The summed E-state index contributed by atoms with van der Waals surface area (Å²) in [5.41, 5.74) is 1.93. The molecule has 1 atom stereocenters. The molecule has 0 aliphatic carbocycles. The van der Waals surface area contributed by atoms with Crippen molar-refractivity contribution in [2.24, 2.45) is 0 Å². The van der Waals surface area contributed by atoms with Crippen molar-refractivity contribution in [3.8, 4) is 5.75 Å². The molecule has 0 amide bonds. The summed E-state index contributed by atoms with van der Waals surface area (Å²) in [7, 11) is -2.21. The van der Waals surface area contributed by atoms with Gasteiger partial charge in [-0.2, -0.15) is 0 Å². The number of fused-ring (bicyclic) bond motifs is 1. The lowest BCUT2D eigenvalue weighted by Gasteiger charge is -2.18. The summed E-state index contributed by atoms with van der Waals surface area (Å²) < 4.78 is 39.5. The quantitative estimate of drug-likeness (QED) is 0.669. The van der Waals surface area contributed by atoms with Crippen LogP contribution in [0.1, 0.15) is 12.5 Å². The summed E-state index contributed by atoms with van der Waals surface area (Å²) in [6.07, 6.45) is 0.432. The number of hydrogen-bond acceptors (Lipinski definition) is 6. The number of halogens is 1. The van der Waals surface area contributed by atoms with Crippen molar-refractivity contribution in [2.75, 3.05) is 17.1 Å². The van der Waals surface area contributed by atoms with Gasteiger partial charge in [0, 0.05) is 6.42 Å². The first-order chi connectivity index (χ1) is 11.8. The van der Waals surface area contributed by atoms with Gasteiger partial charge in [-0.1, -0.05) is 6.07 Å². The molecule has 6 nitrogen and oxygen atoms in total. The lowest BCUT2D eigenvalue weighted by molar-refractivity contribution is 0.217. The first-order valence-electron chi connectivity index (χ1n) is 7.25. The highest BCUT2D eigenvalue weighted by Gasteiger charge is 2.26. The van der Waals surface area contributed by atoms with Crippen LogP contribution in [0.3, 0.4) is 0 Å². The van der Waals surface area contributed by atoms with Gasteiger partial charge < -0.3 is 14.8 Å². The van der Waals surface area contributed by atoms with Gasteiger partial charge in [-0.3, -0.25) is 4.72 Å². The number of rotatable bonds is 4. The van der Waals surface area contributed by atoms with Crippen LogP contribution in [0.15, 0.2) is 32.3 Å². The van der Waals surface area contributed by atoms with Crippen LogP contribution >= 0.6 is 39.5 Å². The Hall–Kier alpha value is -1.36. The number of thiophene rings is 1. The molecule has 25 heavy (non-hydrogen) atoms. The Bertz CT molecular complexity index is 913. The number of benzene rings is 1. The lowest BCUT2D eigenvalue weighted by Crippen LogP contribution is -2.17. The maximum absolute atomic E-state index is 12.6. The Morgan fingerprint density at radius 3 is 2.92 bits per heavy atom. The molecule has 0 bridgehead atoms. The van der Waals surface area contributed by atoms with E-state index in [1.54, 1.807) is 23.6 Å². The van der Waals surface area contributed by atoms with Crippen molar-refractivity contribution in [3.05, 3.63) is 33.6 Å². The molecular formula is C15H15BrN2O4S3. The van der Waals surface area contributed by atoms with Gasteiger partial charge in [0.2, 0.25) is 0 Å². The van der Waals surface area contributed by atoms with Crippen LogP contribution in [0, 0.1) is 0 Å². The van der Waals surface area contributed by atoms with E-state index in [4.69, 9.17) is 21.7 Å². The Morgan fingerprint density at radius 1 is 1.52 bits per heavy atom. The molecule has 0 spiro atoms. The highest BCUT2D eigenvalue weighted by molar-refractivity contribution is 9.10. The molecule has 134 valence electrons. The Kier molecular flexibility index (Phi) is 5.24. The van der Waals surface area contributed by atoms with Crippen molar-refractivity contribution >= 4 is 66.1 Å². The second-order valence-corrected chi connectivity index (χ2v) is 9.41. The molecule has 3 rings (SSSR count). The summed E-state index contributed by atoms with van der Waals surface area (Å²) >= 11 is 9.78. The van der Waals surface area contributed by atoms with Crippen LogP contribution in [0.5, 0.6) is 5.75 Å². The molecule has 2 N–H and O–H groups in total. The van der Waals surface area contributed by atoms with Crippen LogP contribution in [0.25, 0.3) is 0 Å². The number of nitrogens with one attached hydrogen (secondary N) is 2. The largest absolute Gasteiger partial charge is 0.493 e. The van der Waals surface area contributed by atoms with E-state index in [1.165, 1.54) is 7.11 Å². The number of hydrogen-bond donors (Lipinski definition) is 2. The van der Waals surface area contributed by atoms with Gasteiger partial charge >= 0.3 is 0 Å². The second kappa shape index (κ2) is 7.10. The van der Waals surface area contributed by atoms with Gasteiger partial charge in [0.1, 0.15) is 10.3 Å². The Balaban J connectivity index is 2.09. The van der Waals surface area contributed by atoms with Crippen molar-refractivity contribution < 1.29 is 17.9 Å². The summed E-state index contributed by atoms with van der Waals surface area (Å²) in [5.74, 6) is 0.365. The van der Waals surface area contributed by atoms with Crippen molar-refractivity contribution in [2.45, 2.75) is 23.7 Å². The van der Waals surface area contributed by atoms with Crippen LogP contribution in [0.2, 0.25) is 0 Å². The predicted octanol–water partition coefficient (Wildman–Crippen LogP) is 3.98. The minimum absolute atomic E-state index is 0.136. The number of thiocarbonyl (C=S) groups is 1. The molecule has 10 heteroatoms. The molecule has 2 heterocycles. The maximum atomic E-state index is 12.6. The van der Waals surface area contributed by atoms with Crippen molar-refractivity contribution in [1.82, 2.24) is 0 Å². The van der Waals surface area contributed by atoms with E-state index >= 15 is 0 Å². The molecule has 2 aromatic rings. The standard InChI is InChI=1S/C15H15BrN2O4S3/c1-8-6-9-7-10(18-25(19,20)11-4-3-5-24-11)14(21-2)12(16)13(9)17-15(23)22-8/h3-5,7-8,18H,6H2,1-2H3,(H,17,23). The molecule has 0 saturated carbocycles. The first-order valence-corrected chi connectivity index (χ1v) is 10.8. The molecule has 1 aromatic carbocycles. The fourth-order valence-corrected chi connectivity index (χ4v) is 5.58. The average Bonchev–Trinajstić information content (AvgIpc) is 3.01. The van der Waals surface area contributed by atoms with Gasteiger partial charge in [0.25, 0.3) is 15.2 Å². The van der Waals surface area contributed by atoms with E-state index in [2.05, 4.69) is 26.0 Å². The molecule has 1 aliphatic rings. The smallest absolute Gasteiger partial charge is 0.271 e. The second-order valence-electron chi connectivity index (χ2n) is 5.39. The Labute approximate surface area is 163 Å². The van der Waals surface area contributed by atoms with Crippen LogP contribution < -0.4 is 14.8 Å². The number of anilines is 2. The minimum atomic E-state index is -3.69. The van der Waals surface area contributed by atoms with E-state index in [0.717, 1.165) is 16.9 Å². The molecule has 0 fully saturated rings. The van der Waals surface area contributed by atoms with Gasteiger partial charge in [-0.25, -0.2) is 8.42 Å². The number of methoxy groups -OCH3 is 1. The monoisotopic (exact) mass is 462 g/mol. The fourth-order valence-electron chi connectivity index (χ4n) is 2.53. The third kappa shape index (κ3) is 3.76. The molecule has 1 unspecified atom stereocenters. The lowest BCUT2D eigenvalue weighted by atomic mass is 10.1. The van der Waals surface area contributed by atoms with E-state index in [-0.39, 0.29) is 15.5 Å². The number of sulfonamides is 1. The Morgan fingerprint density at radius 2 is 2.28 bits per heavy atom. The van der Waals surface area contributed by atoms with Gasteiger partial charge in [0.05, 0.1) is 23.0 Å². The minimum Gasteiger partial charge on any atom is -0.493 e. The summed E-state index contributed by atoms with van der Waals surface area (Å²) in [5, 5.41) is 5.00. The fraction of sp³-hybridized carbons (Fsp3) is 0.267. The third-order valence-electron chi connectivity index (χ3n) is 3.55. The van der Waals surface area contributed by atoms with Gasteiger partial charge in [-0.15, -0.1) is 11.3 Å². The van der Waals surface area contributed by atoms with Gasteiger partial charge in [0.15, 0.2) is 5.75 Å². The van der Waals surface area contributed by atoms with Crippen LogP contribution in [0.4, 0.5) is 11.4 Å². The maximum Gasteiger partial charge on any atom is 0.271 e. The zero-order valence-electron chi connectivity index (χ0n) is 13.3. The average molecular weight is 463 g/mol. The van der Waals surface area contributed by atoms with Crippen LogP contribution in [-0.4, -0.2) is 26.8 Å². The third-order valence-corrected chi connectivity index (χ3v) is 7.27. The molecular weight excluding hydrogens is 448 g/mol. The summed E-state index contributed by atoms with van der Waals surface area (Å²) in [4.78, 5) is 0. The summed E-state index contributed by atoms with van der Waals surface area (Å²) in [6, 6.07) is 4.98. The summed E-state index contributed by atoms with van der Waals surface area (Å²) in [6.45, 7) is 1.90. The van der Waals surface area contributed by atoms with Gasteiger partial charge in [-0.05, 0) is 58.1 Å². The van der Waals surface area contributed by atoms with Crippen molar-refractivity contribution in [1.29, 1.82) is 0 Å². The van der Waals surface area contributed by atoms with E-state index in [1.807, 2.05) is 6.92 Å². The zero-order chi connectivity index (χ0) is 18.2. The molecule has 1 aromatic heterocycles. The molecule has 0 radical (unpaired) electrons. The highest BCUT2D eigenvalue weighted by Crippen LogP contribution is 2.43. The zero-order valence-corrected chi connectivity index (χ0v) is 17.4. The van der Waals surface area contributed by atoms with E-state index in [9.17, 15) is 8.42 Å². The predicted molar refractivity (Wildman–Crippen MR) is 106 cm³/mol.